The van der Waals surface area contributed by atoms with Crippen LogP contribution in [0.2, 0.25) is 5.02 Å². The van der Waals surface area contributed by atoms with Gasteiger partial charge in [-0.15, -0.1) is 0 Å². The number of methoxy groups -OCH3 is 1. The smallest absolute Gasteiger partial charge is 0.227 e. The average Bonchev–Trinajstić information content (AvgIpc) is 2.80. The number of benzene rings is 2. The molecule has 1 aromatic heterocycles. The molecule has 0 aliphatic carbocycles. The van der Waals surface area contributed by atoms with E-state index in [9.17, 15) is 4.79 Å². The van der Waals surface area contributed by atoms with Gasteiger partial charge >= 0.3 is 0 Å². The third-order valence-electron chi connectivity index (χ3n) is 5.67. The Labute approximate surface area is 187 Å². The quantitative estimate of drug-likeness (QED) is 0.643. The van der Waals surface area contributed by atoms with Gasteiger partial charge in [0.15, 0.2) is 0 Å². The summed E-state index contributed by atoms with van der Waals surface area (Å²) in [5.74, 6) is 1.24. The van der Waals surface area contributed by atoms with Gasteiger partial charge in [-0.05, 0) is 48.2 Å². The first-order valence-corrected chi connectivity index (χ1v) is 10.7. The first-order valence-electron chi connectivity index (χ1n) is 10.3. The van der Waals surface area contributed by atoms with Gasteiger partial charge in [-0.25, -0.2) is 9.97 Å². The van der Waals surface area contributed by atoms with Crippen LogP contribution in [0.1, 0.15) is 30.0 Å². The van der Waals surface area contributed by atoms with Gasteiger partial charge in [0.05, 0.1) is 19.2 Å². The number of halogens is 1. The third-order valence-corrected chi connectivity index (χ3v) is 5.92. The number of aromatic nitrogens is 2. The fourth-order valence-corrected chi connectivity index (χ4v) is 4.16. The van der Waals surface area contributed by atoms with Crippen LogP contribution < -0.4 is 10.5 Å². The summed E-state index contributed by atoms with van der Waals surface area (Å²) in [5, 5.41) is 0.676. The molecule has 7 heteroatoms. The Balaban J connectivity index is 1.53. The van der Waals surface area contributed by atoms with Crippen molar-refractivity contribution >= 4 is 23.5 Å². The van der Waals surface area contributed by atoms with Crippen molar-refractivity contribution in [3.63, 3.8) is 0 Å². The fraction of sp³-hybridized carbons (Fsp3) is 0.292. The molecule has 4 rings (SSSR count). The number of anilines is 1. The zero-order valence-corrected chi connectivity index (χ0v) is 18.2. The van der Waals surface area contributed by atoms with E-state index in [1.165, 1.54) is 0 Å². The highest BCUT2D eigenvalue weighted by atomic mass is 35.5. The van der Waals surface area contributed by atoms with Gasteiger partial charge in [0.1, 0.15) is 5.75 Å². The molecule has 3 aromatic rings. The molecule has 0 saturated carbocycles. The lowest BCUT2D eigenvalue weighted by molar-refractivity contribution is -0.131. The molecule has 6 nitrogen and oxygen atoms in total. The highest BCUT2D eigenvalue weighted by Gasteiger charge is 2.28. The Morgan fingerprint density at radius 2 is 1.94 bits per heavy atom. The Bertz CT molecular complexity index is 1050. The van der Waals surface area contributed by atoms with Crippen LogP contribution in [0.4, 0.5) is 5.95 Å². The van der Waals surface area contributed by atoms with Crippen LogP contribution in [-0.2, 0) is 11.2 Å². The van der Waals surface area contributed by atoms with Crippen molar-refractivity contribution in [1.29, 1.82) is 0 Å². The van der Waals surface area contributed by atoms with Crippen molar-refractivity contribution in [1.82, 2.24) is 14.9 Å². The minimum absolute atomic E-state index is 0.101. The van der Waals surface area contributed by atoms with E-state index < -0.39 is 0 Å². The van der Waals surface area contributed by atoms with Crippen LogP contribution in [0.3, 0.4) is 0 Å². The number of carbonyl (C=O) groups excluding carboxylic acids is 1. The predicted molar refractivity (Wildman–Crippen MR) is 122 cm³/mol. The molecule has 1 aliphatic heterocycles. The van der Waals surface area contributed by atoms with Gasteiger partial charge in [0.25, 0.3) is 0 Å². The Hall–Kier alpha value is -3.12. The zero-order chi connectivity index (χ0) is 21.8. The predicted octanol–water partition coefficient (Wildman–Crippen LogP) is 4.34. The topological polar surface area (TPSA) is 81.3 Å². The normalized spacial score (nSPS) is 16.2. The van der Waals surface area contributed by atoms with Crippen LogP contribution in [0, 0.1) is 0 Å². The molecule has 160 valence electrons. The van der Waals surface area contributed by atoms with Crippen LogP contribution in [0.15, 0.2) is 54.7 Å². The van der Waals surface area contributed by atoms with E-state index in [0.717, 1.165) is 47.5 Å². The van der Waals surface area contributed by atoms with Crippen molar-refractivity contribution in [3.05, 3.63) is 71.0 Å². The van der Waals surface area contributed by atoms with Crippen molar-refractivity contribution in [3.8, 4) is 16.9 Å². The third kappa shape index (κ3) is 4.97. The van der Waals surface area contributed by atoms with E-state index in [-0.39, 0.29) is 17.8 Å². The molecule has 0 bridgehead atoms. The number of hydrogen-bond donors (Lipinski definition) is 1. The second-order valence-electron chi connectivity index (χ2n) is 7.74. The number of ether oxygens (including phenoxy) is 1. The number of piperidine rings is 1. The molecule has 0 unspecified atom stereocenters. The second-order valence-corrected chi connectivity index (χ2v) is 8.17. The van der Waals surface area contributed by atoms with Gasteiger partial charge in [-0.1, -0.05) is 35.9 Å². The SMILES string of the molecule is COc1ccc(CC(=O)N2CCC[C@@H](c3nc(N)ncc3-c3ccc(Cl)cc3)C2)cc1. The van der Waals surface area contributed by atoms with E-state index in [4.69, 9.17) is 22.1 Å². The summed E-state index contributed by atoms with van der Waals surface area (Å²) in [6.45, 7) is 1.37. The first-order chi connectivity index (χ1) is 15.0. The molecular formula is C24H25ClN4O2. The molecule has 2 N–H and O–H groups in total. The van der Waals surface area contributed by atoms with Gasteiger partial charge in [-0.2, -0.15) is 0 Å². The van der Waals surface area contributed by atoms with Crippen LogP contribution in [-0.4, -0.2) is 41.0 Å². The maximum atomic E-state index is 13.0. The highest BCUT2D eigenvalue weighted by molar-refractivity contribution is 6.30. The van der Waals surface area contributed by atoms with Crippen molar-refractivity contribution in [2.75, 3.05) is 25.9 Å². The lowest BCUT2D eigenvalue weighted by atomic mass is 9.89. The van der Waals surface area contributed by atoms with E-state index in [2.05, 4.69) is 9.97 Å². The molecule has 2 aromatic carbocycles. The summed E-state index contributed by atoms with van der Waals surface area (Å²) in [4.78, 5) is 23.7. The Morgan fingerprint density at radius 3 is 2.65 bits per heavy atom. The molecule has 1 atom stereocenters. The minimum atomic E-state index is 0.101. The molecule has 1 saturated heterocycles. The molecule has 31 heavy (non-hydrogen) atoms. The summed E-state index contributed by atoms with van der Waals surface area (Å²) in [5.41, 5.74) is 9.70. The van der Waals surface area contributed by atoms with Gasteiger partial charge < -0.3 is 15.4 Å². The maximum Gasteiger partial charge on any atom is 0.227 e. The van der Waals surface area contributed by atoms with E-state index in [0.29, 0.717) is 18.0 Å². The van der Waals surface area contributed by atoms with Crippen LogP contribution in [0.25, 0.3) is 11.1 Å². The molecular weight excluding hydrogens is 412 g/mol. The fourth-order valence-electron chi connectivity index (χ4n) is 4.03. The summed E-state index contributed by atoms with van der Waals surface area (Å²) in [7, 11) is 1.63. The average molecular weight is 437 g/mol. The van der Waals surface area contributed by atoms with Crippen molar-refractivity contribution < 1.29 is 9.53 Å². The monoisotopic (exact) mass is 436 g/mol. The maximum absolute atomic E-state index is 13.0. The summed E-state index contributed by atoms with van der Waals surface area (Å²) in [6.07, 6.45) is 4.00. The number of amides is 1. The van der Waals surface area contributed by atoms with E-state index in [1.54, 1.807) is 13.3 Å². The Morgan fingerprint density at radius 1 is 1.19 bits per heavy atom. The standard InChI is InChI=1S/C24H25ClN4O2/c1-31-20-10-4-16(5-11-20)13-22(30)29-12-2-3-18(15-29)23-21(14-27-24(26)28-23)17-6-8-19(25)9-7-17/h4-11,14,18H,2-3,12-13,15H2,1H3,(H2,26,27,28)/t18-/m1/s1. The first kappa shape index (κ1) is 21.1. The van der Waals surface area contributed by atoms with Crippen LogP contribution >= 0.6 is 11.6 Å². The number of likely N-dealkylation sites (tertiary alicyclic amines) is 1. The molecule has 2 heterocycles. The summed E-state index contributed by atoms with van der Waals surface area (Å²) < 4.78 is 5.19. The van der Waals surface area contributed by atoms with Crippen molar-refractivity contribution in [2.45, 2.75) is 25.2 Å². The second kappa shape index (κ2) is 9.35. The van der Waals surface area contributed by atoms with Gasteiger partial charge in [0, 0.05) is 35.8 Å². The molecule has 1 amide bonds. The largest absolute Gasteiger partial charge is 0.497 e. The van der Waals surface area contributed by atoms with Gasteiger partial charge in [0.2, 0.25) is 11.9 Å². The number of hydrogen-bond acceptors (Lipinski definition) is 5. The van der Waals surface area contributed by atoms with E-state index >= 15 is 0 Å². The zero-order valence-electron chi connectivity index (χ0n) is 17.4. The number of nitrogen functional groups attached to an aromatic ring is 1. The van der Waals surface area contributed by atoms with E-state index in [1.807, 2.05) is 53.4 Å². The molecule has 0 radical (unpaired) electrons. The number of rotatable bonds is 5. The lowest BCUT2D eigenvalue weighted by Crippen LogP contribution is -2.40. The molecule has 1 fully saturated rings. The number of nitrogens with two attached hydrogens (primary N) is 1. The number of carbonyl (C=O) groups is 1. The van der Waals surface area contributed by atoms with Crippen LogP contribution in [0.5, 0.6) is 5.75 Å². The molecule has 0 spiro atoms. The molecule has 1 aliphatic rings. The van der Waals surface area contributed by atoms with Crippen molar-refractivity contribution in [2.24, 2.45) is 0 Å². The minimum Gasteiger partial charge on any atom is -0.497 e. The lowest BCUT2D eigenvalue weighted by Gasteiger charge is -2.33. The Kier molecular flexibility index (Phi) is 6.37. The highest BCUT2D eigenvalue weighted by Crippen LogP contribution is 2.34. The van der Waals surface area contributed by atoms with Gasteiger partial charge in [-0.3, -0.25) is 4.79 Å². The number of nitrogens with zero attached hydrogens (tertiary/aromatic N) is 3. The summed E-state index contributed by atoms with van der Waals surface area (Å²) in [6, 6.07) is 15.2. The summed E-state index contributed by atoms with van der Waals surface area (Å²) >= 11 is 6.05.